The summed E-state index contributed by atoms with van der Waals surface area (Å²) in [6, 6.07) is 8.90. The standard InChI is InChI=1S/C28H37N3O4Si.CO2/c1-20(28(33)34-2)22-11-12-23(25(15-22)21-9-7-6-8-10-21)16-26(32)27-30-24(17-29)18-31(27)19-35-13-14-36(3,4)5;2-1-3/h9,11-12,15,18,20H,6-8,10,13-14,16,19H2,1-5H3;. The van der Waals surface area contributed by atoms with Gasteiger partial charge in [0.2, 0.25) is 5.78 Å². The van der Waals surface area contributed by atoms with Gasteiger partial charge in [0, 0.05) is 27.3 Å². The first-order chi connectivity index (χ1) is 18.5. The van der Waals surface area contributed by atoms with E-state index in [0.717, 1.165) is 48.4 Å². The number of methoxy groups -OCH3 is 1. The zero-order valence-corrected chi connectivity index (χ0v) is 24.4. The lowest BCUT2D eigenvalue weighted by molar-refractivity contribution is -0.191. The van der Waals surface area contributed by atoms with Gasteiger partial charge in [-0.15, -0.1) is 0 Å². The minimum atomic E-state index is -1.23. The van der Waals surface area contributed by atoms with Crippen molar-refractivity contribution in [1.29, 1.82) is 5.26 Å². The SMILES string of the molecule is COC(=O)C(C)c1ccc(CC(=O)c2nc(C#N)cn2COCC[Si](C)(C)C)c(C2=CCCCC2)c1.O=C=O. The van der Waals surface area contributed by atoms with Crippen molar-refractivity contribution in [3.63, 3.8) is 0 Å². The number of esters is 1. The highest BCUT2D eigenvalue weighted by Crippen LogP contribution is 2.32. The summed E-state index contributed by atoms with van der Waals surface area (Å²) in [4.78, 5) is 46.1. The summed E-state index contributed by atoms with van der Waals surface area (Å²) in [7, 11) is 0.159. The summed E-state index contributed by atoms with van der Waals surface area (Å²) in [5.74, 6) is -0.623. The molecule has 0 fully saturated rings. The Kier molecular flexibility index (Phi) is 12.2. The second-order valence-electron chi connectivity index (χ2n) is 10.7. The Morgan fingerprint density at radius 2 is 1.92 bits per heavy atom. The van der Waals surface area contributed by atoms with Crippen LogP contribution in [0, 0.1) is 11.3 Å². The maximum absolute atomic E-state index is 13.4. The molecule has 9 nitrogen and oxygen atoms in total. The lowest BCUT2D eigenvalue weighted by Gasteiger charge is -2.19. The van der Waals surface area contributed by atoms with E-state index < -0.39 is 14.0 Å². The number of allylic oxidation sites excluding steroid dienone is 2. The topological polar surface area (TPSA) is 128 Å². The Hall–Kier alpha value is -3.64. The van der Waals surface area contributed by atoms with Crippen molar-refractivity contribution in [2.45, 2.75) is 77.4 Å². The van der Waals surface area contributed by atoms with Crippen molar-refractivity contribution in [3.05, 3.63) is 58.7 Å². The van der Waals surface area contributed by atoms with Gasteiger partial charge in [0.15, 0.2) is 11.5 Å². The molecule has 0 radical (unpaired) electrons. The summed E-state index contributed by atoms with van der Waals surface area (Å²) in [5, 5.41) is 9.37. The van der Waals surface area contributed by atoms with Crippen molar-refractivity contribution in [2.24, 2.45) is 0 Å². The third kappa shape index (κ3) is 9.55. The van der Waals surface area contributed by atoms with Crippen molar-refractivity contribution >= 4 is 31.6 Å². The van der Waals surface area contributed by atoms with E-state index in [2.05, 4.69) is 30.7 Å². The molecule has 1 atom stereocenters. The summed E-state index contributed by atoms with van der Waals surface area (Å²) in [6.45, 7) is 9.48. The van der Waals surface area contributed by atoms with Gasteiger partial charge < -0.3 is 14.0 Å². The predicted octanol–water partition coefficient (Wildman–Crippen LogP) is 5.14. The van der Waals surface area contributed by atoms with Crippen molar-refractivity contribution in [2.75, 3.05) is 13.7 Å². The fourth-order valence-electron chi connectivity index (χ4n) is 4.30. The van der Waals surface area contributed by atoms with E-state index in [0.29, 0.717) is 6.61 Å². The molecular weight excluding hydrogens is 514 g/mol. The minimum absolute atomic E-state index is 0.149. The zero-order chi connectivity index (χ0) is 29.0. The Labute approximate surface area is 230 Å². The minimum Gasteiger partial charge on any atom is -0.469 e. The van der Waals surface area contributed by atoms with Crippen LogP contribution >= 0.6 is 0 Å². The molecule has 1 aromatic heterocycles. The molecule has 0 amide bonds. The number of carbonyl (C=O) groups is 2. The third-order valence-electron chi connectivity index (χ3n) is 6.54. The normalized spacial score (nSPS) is 13.7. The predicted molar refractivity (Wildman–Crippen MR) is 147 cm³/mol. The monoisotopic (exact) mass is 551 g/mol. The third-order valence-corrected chi connectivity index (χ3v) is 8.25. The summed E-state index contributed by atoms with van der Waals surface area (Å²) in [5.41, 5.74) is 4.16. The molecule has 2 aromatic rings. The molecule has 0 saturated heterocycles. The van der Waals surface area contributed by atoms with Crippen LogP contribution in [-0.4, -0.2) is 49.2 Å². The fraction of sp³-hybridized carbons (Fsp3) is 0.483. The zero-order valence-electron chi connectivity index (χ0n) is 23.4. The molecule has 39 heavy (non-hydrogen) atoms. The average molecular weight is 552 g/mol. The molecule has 0 bridgehead atoms. The van der Waals surface area contributed by atoms with Gasteiger partial charge in [-0.1, -0.05) is 43.9 Å². The molecule has 0 N–H and O–H groups in total. The second-order valence-corrected chi connectivity index (χ2v) is 16.3. The molecule has 10 heteroatoms. The molecule has 3 rings (SSSR count). The van der Waals surface area contributed by atoms with Crippen LogP contribution in [0.4, 0.5) is 0 Å². The van der Waals surface area contributed by atoms with Crippen molar-refractivity contribution in [1.82, 2.24) is 9.55 Å². The van der Waals surface area contributed by atoms with Gasteiger partial charge in [0.05, 0.1) is 13.0 Å². The number of hydrogen-bond acceptors (Lipinski definition) is 8. The number of nitriles is 1. The van der Waals surface area contributed by atoms with E-state index >= 15 is 0 Å². The molecule has 1 unspecified atom stereocenters. The molecule has 0 aliphatic heterocycles. The highest BCUT2D eigenvalue weighted by molar-refractivity contribution is 6.76. The molecule has 1 heterocycles. The van der Waals surface area contributed by atoms with Crippen LogP contribution in [0.5, 0.6) is 0 Å². The van der Waals surface area contributed by atoms with Gasteiger partial charge in [-0.05, 0) is 60.9 Å². The van der Waals surface area contributed by atoms with Crippen molar-refractivity contribution < 1.29 is 28.7 Å². The van der Waals surface area contributed by atoms with E-state index in [1.54, 1.807) is 10.8 Å². The van der Waals surface area contributed by atoms with E-state index in [-0.39, 0.29) is 42.6 Å². The van der Waals surface area contributed by atoms with E-state index in [4.69, 9.17) is 19.1 Å². The van der Waals surface area contributed by atoms with E-state index in [9.17, 15) is 14.9 Å². The lowest BCUT2D eigenvalue weighted by atomic mass is 9.86. The number of aromatic nitrogens is 2. The van der Waals surface area contributed by atoms with Gasteiger partial charge in [-0.3, -0.25) is 9.59 Å². The Balaban J connectivity index is 0.00000170. The summed E-state index contributed by atoms with van der Waals surface area (Å²) in [6.07, 6.45) is 8.41. The molecule has 1 aliphatic carbocycles. The van der Waals surface area contributed by atoms with Gasteiger partial charge >= 0.3 is 12.1 Å². The lowest BCUT2D eigenvalue weighted by Crippen LogP contribution is -2.22. The summed E-state index contributed by atoms with van der Waals surface area (Å²) < 4.78 is 12.4. The molecule has 0 spiro atoms. The maximum atomic E-state index is 13.4. The van der Waals surface area contributed by atoms with Crippen LogP contribution in [0.2, 0.25) is 25.7 Å². The number of ketones is 1. The van der Waals surface area contributed by atoms with Crippen LogP contribution in [0.3, 0.4) is 0 Å². The number of benzene rings is 1. The first-order valence-electron chi connectivity index (χ1n) is 13.0. The Morgan fingerprint density at radius 1 is 1.21 bits per heavy atom. The molecule has 208 valence electrons. The quantitative estimate of drug-likeness (QED) is 0.162. The number of ether oxygens (including phenoxy) is 2. The average Bonchev–Trinajstić information content (AvgIpc) is 3.34. The highest BCUT2D eigenvalue weighted by Gasteiger charge is 2.22. The van der Waals surface area contributed by atoms with Crippen LogP contribution in [-0.2, 0) is 37.0 Å². The van der Waals surface area contributed by atoms with Crippen molar-refractivity contribution in [3.8, 4) is 6.07 Å². The van der Waals surface area contributed by atoms with E-state index in [1.807, 2.05) is 31.2 Å². The summed E-state index contributed by atoms with van der Waals surface area (Å²) >= 11 is 0. The Bertz CT molecular complexity index is 1260. The molecule has 0 saturated carbocycles. The first-order valence-corrected chi connectivity index (χ1v) is 16.7. The smallest absolute Gasteiger partial charge is 0.373 e. The molecule has 1 aromatic carbocycles. The first kappa shape index (κ1) is 31.6. The maximum Gasteiger partial charge on any atom is 0.373 e. The molecular formula is C29H37N3O6Si. The van der Waals surface area contributed by atoms with Gasteiger partial charge in [-0.2, -0.15) is 14.9 Å². The van der Waals surface area contributed by atoms with Crippen LogP contribution in [0.1, 0.15) is 71.5 Å². The largest absolute Gasteiger partial charge is 0.469 e. The highest BCUT2D eigenvalue weighted by atomic mass is 28.3. The van der Waals surface area contributed by atoms with Crippen LogP contribution < -0.4 is 0 Å². The Morgan fingerprint density at radius 3 is 2.51 bits per heavy atom. The van der Waals surface area contributed by atoms with E-state index in [1.165, 1.54) is 12.7 Å². The van der Waals surface area contributed by atoms with Crippen LogP contribution in [0.25, 0.3) is 5.57 Å². The number of carbonyl (C=O) groups excluding carboxylic acids is 4. The molecule has 1 aliphatic rings. The number of rotatable bonds is 11. The van der Waals surface area contributed by atoms with Crippen LogP contribution in [0.15, 0.2) is 30.5 Å². The fourth-order valence-corrected chi connectivity index (χ4v) is 5.05. The number of nitrogens with zero attached hydrogens (tertiary/aromatic N) is 3. The van der Waals surface area contributed by atoms with Gasteiger partial charge in [-0.25, -0.2) is 4.98 Å². The second kappa shape index (κ2) is 15.1. The number of imidazole rings is 1. The number of Topliss-reactive ketones (excluding diaryl/α,β-unsaturated/α-hetero) is 1. The number of hydrogen-bond donors (Lipinski definition) is 0. The van der Waals surface area contributed by atoms with Gasteiger partial charge in [0.1, 0.15) is 12.8 Å². The van der Waals surface area contributed by atoms with Gasteiger partial charge in [0.25, 0.3) is 0 Å².